The van der Waals surface area contributed by atoms with Crippen LogP contribution in [0.2, 0.25) is 0 Å². The first-order valence-electron chi connectivity index (χ1n) is 6.01. The highest BCUT2D eigenvalue weighted by molar-refractivity contribution is 5.72. The Balaban J connectivity index is 2.53. The first kappa shape index (κ1) is 14.8. The van der Waals surface area contributed by atoms with Crippen molar-refractivity contribution in [3.8, 4) is 0 Å². The first-order valence-corrected chi connectivity index (χ1v) is 6.01. The number of rotatable bonds is 4. The first-order chi connectivity index (χ1) is 8.17. The van der Waals surface area contributed by atoms with Gasteiger partial charge in [-0.2, -0.15) is 0 Å². The van der Waals surface area contributed by atoms with Gasteiger partial charge in [-0.05, 0) is 27.7 Å². The SMILES string of the molecule is CCOC1(CC(=O)O)CN(C(=O)OC(C)(C)C)C1. The zero-order chi connectivity index (χ0) is 14.0. The van der Waals surface area contributed by atoms with Crippen molar-refractivity contribution in [1.82, 2.24) is 4.90 Å². The summed E-state index contributed by atoms with van der Waals surface area (Å²) < 4.78 is 10.7. The zero-order valence-corrected chi connectivity index (χ0v) is 11.4. The summed E-state index contributed by atoms with van der Waals surface area (Å²) in [6.07, 6.45) is -0.525. The maximum Gasteiger partial charge on any atom is 0.410 e. The number of ether oxygens (including phenoxy) is 2. The molecule has 0 saturated carbocycles. The van der Waals surface area contributed by atoms with Crippen molar-refractivity contribution in [3.63, 3.8) is 0 Å². The lowest BCUT2D eigenvalue weighted by molar-refractivity contribution is -0.165. The van der Waals surface area contributed by atoms with Gasteiger partial charge < -0.3 is 19.5 Å². The lowest BCUT2D eigenvalue weighted by atomic mass is 9.90. The molecule has 6 heteroatoms. The maximum atomic E-state index is 11.7. The summed E-state index contributed by atoms with van der Waals surface area (Å²) in [7, 11) is 0. The quantitative estimate of drug-likeness (QED) is 0.827. The number of likely N-dealkylation sites (tertiary alicyclic amines) is 1. The summed E-state index contributed by atoms with van der Waals surface area (Å²) in [5.74, 6) is -0.924. The van der Waals surface area contributed by atoms with Crippen LogP contribution in [0.25, 0.3) is 0 Å². The molecule has 0 aliphatic carbocycles. The fourth-order valence-electron chi connectivity index (χ4n) is 1.94. The number of carboxylic acid groups (broad SMARTS) is 1. The molecule has 1 aliphatic rings. The summed E-state index contributed by atoms with van der Waals surface area (Å²) in [4.78, 5) is 24.0. The van der Waals surface area contributed by atoms with E-state index in [1.54, 1.807) is 27.7 Å². The molecule has 0 aromatic carbocycles. The molecule has 1 heterocycles. The minimum absolute atomic E-state index is 0.0971. The van der Waals surface area contributed by atoms with E-state index in [0.717, 1.165) is 0 Å². The molecular formula is C12H21NO5. The number of hydrogen-bond donors (Lipinski definition) is 1. The summed E-state index contributed by atoms with van der Waals surface area (Å²) in [6.45, 7) is 8.13. The normalized spacial score (nSPS) is 18.1. The Bertz CT molecular complexity index is 328. The van der Waals surface area contributed by atoms with E-state index in [4.69, 9.17) is 14.6 Å². The van der Waals surface area contributed by atoms with Crippen LogP contribution in [0.4, 0.5) is 4.79 Å². The molecule has 1 aliphatic heterocycles. The summed E-state index contributed by atoms with van der Waals surface area (Å²) >= 11 is 0. The van der Waals surface area contributed by atoms with Gasteiger partial charge in [0.15, 0.2) is 0 Å². The van der Waals surface area contributed by atoms with Crippen molar-refractivity contribution in [2.24, 2.45) is 0 Å². The maximum absolute atomic E-state index is 11.7. The standard InChI is InChI=1S/C12H21NO5/c1-5-17-12(6-9(14)15)7-13(8-12)10(16)18-11(2,3)4/h5-8H2,1-4H3,(H,14,15). The van der Waals surface area contributed by atoms with Crippen LogP contribution in [0.1, 0.15) is 34.1 Å². The summed E-state index contributed by atoms with van der Waals surface area (Å²) in [6, 6.07) is 0. The number of hydrogen-bond acceptors (Lipinski definition) is 4. The van der Waals surface area contributed by atoms with Gasteiger partial charge in [-0.1, -0.05) is 0 Å². The van der Waals surface area contributed by atoms with Gasteiger partial charge in [0.1, 0.15) is 11.2 Å². The lowest BCUT2D eigenvalue weighted by Gasteiger charge is -2.48. The van der Waals surface area contributed by atoms with Gasteiger partial charge >= 0.3 is 12.1 Å². The van der Waals surface area contributed by atoms with Crippen LogP contribution in [0, 0.1) is 0 Å². The molecule has 0 bridgehead atoms. The van der Waals surface area contributed by atoms with E-state index < -0.39 is 23.3 Å². The van der Waals surface area contributed by atoms with Gasteiger partial charge in [-0.3, -0.25) is 4.79 Å². The largest absolute Gasteiger partial charge is 0.481 e. The number of aliphatic carboxylic acids is 1. The predicted octanol–water partition coefficient (Wildman–Crippen LogP) is 1.49. The fraction of sp³-hybridized carbons (Fsp3) is 0.833. The third-order valence-electron chi connectivity index (χ3n) is 2.53. The van der Waals surface area contributed by atoms with Gasteiger partial charge in [-0.25, -0.2) is 4.79 Å². The van der Waals surface area contributed by atoms with Crippen LogP contribution in [0.15, 0.2) is 0 Å². The van der Waals surface area contributed by atoms with Crippen LogP contribution in [-0.2, 0) is 14.3 Å². The average Bonchev–Trinajstić information content (AvgIpc) is 2.09. The van der Waals surface area contributed by atoms with E-state index in [2.05, 4.69) is 0 Å². The van der Waals surface area contributed by atoms with Crippen LogP contribution in [-0.4, -0.2) is 53.0 Å². The Morgan fingerprint density at radius 3 is 2.28 bits per heavy atom. The van der Waals surface area contributed by atoms with Crippen LogP contribution in [0.3, 0.4) is 0 Å². The Morgan fingerprint density at radius 1 is 1.33 bits per heavy atom. The summed E-state index contributed by atoms with van der Waals surface area (Å²) in [5.41, 5.74) is -1.30. The number of carboxylic acids is 1. The average molecular weight is 259 g/mol. The van der Waals surface area contributed by atoms with Gasteiger partial charge in [0, 0.05) is 6.61 Å². The molecule has 0 atom stereocenters. The second-order valence-electron chi connectivity index (χ2n) is 5.52. The number of amides is 1. The molecule has 0 aromatic heterocycles. The Labute approximate surface area is 107 Å². The molecule has 6 nitrogen and oxygen atoms in total. The van der Waals surface area contributed by atoms with Gasteiger partial charge in [0.25, 0.3) is 0 Å². The Kier molecular flexibility index (Phi) is 4.21. The fourth-order valence-corrected chi connectivity index (χ4v) is 1.94. The molecule has 0 spiro atoms. The van der Waals surface area contributed by atoms with Crippen molar-refractivity contribution < 1.29 is 24.2 Å². The molecule has 1 N–H and O–H groups in total. The monoisotopic (exact) mass is 259 g/mol. The third kappa shape index (κ3) is 3.87. The minimum Gasteiger partial charge on any atom is -0.481 e. The van der Waals surface area contributed by atoms with E-state index in [1.807, 2.05) is 0 Å². The number of carbonyl (C=O) groups is 2. The van der Waals surface area contributed by atoms with Crippen LogP contribution in [0.5, 0.6) is 0 Å². The summed E-state index contributed by atoms with van der Waals surface area (Å²) in [5, 5.41) is 8.84. The molecular weight excluding hydrogens is 238 g/mol. The van der Waals surface area contributed by atoms with Crippen molar-refractivity contribution in [2.45, 2.75) is 45.3 Å². The van der Waals surface area contributed by atoms with E-state index in [-0.39, 0.29) is 19.5 Å². The second kappa shape index (κ2) is 5.14. The third-order valence-corrected chi connectivity index (χ3v) is 2.53. The van der Waals surface area contributed by atoms with Gasteiger partial charge in [0.2, 0.25) is 0 Å². The smallest absolute Gasteiger partial charge is 0.410 e. The van der Waals surface area contributed by atoms with E-state index in [0.29, 0.717) is 6.61 Å². The molecule has 1 fully saturated rings. The van der Waals surface area contributed by atoms with Crippen molar-refractivity contribution in [3.05, 3.63) is 0 Å². The molecule has 18 heavy (non-hydrogen) atoms. The topological polar surface area (TPSA) is 76.1 Å². The number of nitrogens with zero attached hydrogens (tertiary/aromatic N) is 1. The Hall–Kier alpha value is -1.30. The molecule has 1 amide bonds. The molecule has 0 unspecified atom stereocenters. The second-order valence-corrected chi connectivity index (χ2v) is 5.52. The molecule has 0 aromatic rings. The molecule has 0 radical (unpaired) electrons. The highest BCUT2D eigenvalue weighted by atomic mass is 16.6. The molecule has 1 rings (SSSR count). The number of carbonyl (C=O) groups excluding carboxylic acids is 1. The molecule has 1 saturated heterocycles. The van der Waals surface area contributed by atoms with Gasteiger partial charge in [-0.15, -0.1) is 0 Å². The molecule has 104 valence electrons. The van der Waals surface area contributed by atoms with E-state index >= 15 is 0 Å². The van der Waals surface area contributed by atoms with Gasteiger partial charge in [0.05, 0.1) is 19.5 Å². The highest BCUT2D eigenvalue weighted by Gasteiger charge is 2.48. The van der Waals surface area contributed by atoms with Crippen LogP contribution < -0.4 is 0 Å². The van der Waals surface area contributed by atoms with Crippen molar-refractivity contribution in [2.75, 3.05) is 19.7 Å². The van der Waals surface area contributed by atoms with Crippen LogP contribution >= 0.6 is 0 Å². The van der Waals surface area contributed by atoms with Crippen molar-refractivity contribution >= 4 is 12.1 Å². The minimum atomic E-state index is -0.924. The zero-order valence-electron chi connectivity index (χ0n) is 11.4. The lowest BCUT2D eigenvalue weighted by Crippen LogP contribution is -2.66. The van der Waals surface area contributed by atoms with Crippen molar-refractivity contribution in [1.29, 1.82) is 0 Å². The highest BCUT2D eigenvalue weighted by Crippen LogP contribution is 2.30. The predicted molar refractivity (Wildman–Crippen MR) is 64.4 cm³/mol. The van der Waals surface area contributed by atoms with E-state index in [9.17, 15) is 9.59 Å². The Morgan fingerprint density at radius 2 is 1.89 bits per heavy atom. The van der Waals surface area contributed by atoms with E-state index in [1.165, 1.54) is 4.90 Å².